The Kier molecular flexibility index (Phi) is 3.84. The molecule has 3 amide bonds. The van der Waals surface area contributed by atoms with Gasteiger partial charge in [0.2, 0.25) is 5.91 Å². The third-order valence-electron chi connectivity index (χ3n) is 3.39. The molecule has 1 aliphatic heterocycles. The fourth-order valence-corrected chi connectivity index (χ4v) is 2.98. The van der Waals surface area contributed by atoms with Gasteiger partial charge in [-0.2, -0.15) is 0 Å². The third kappa shape index (κ3) is 2.69. The van der Waals surface area contributed by atoms with Crippen LogP contribution in [0.2, 0.25) is 0 Å². The van der Waals surface area contributed by atoms with E-state index in [1.54, 1.807) is 6.20 Å². The molecule has 0 radical (unpaired) electrons. The van der Waals surface area contributed by atoms with E-state index in [2.05, 4.69) is 10.3 Å². The number of rotatable bonds is 4. The molecule has 0 bridgehead atoms. The Morgan fingerprint density at radius 2 is 2.23 bits per heavy atom. The Bertz CT molecular complexity index is 755. The van der Waals surface area contributed by atoms with Crippen LogP contribution >= 0.6 is 11.8 Å². The zero-order valence-electron chi connectivity index (χ0n) is 11.9. The van der Waals surface area contributed by atoms with Gasteiger partial charge in [-0.15, -0.1) is 0 Å². The van der Waals surface area contributed by atoms with Gasteiger partial charge in [0.15, 0.2) is 0 Å². The molecule has 0 spiro atoms. The van der Waals surface area contributed by atoms with Crippen LogP contribution in [0.4, 0.5) is 4.79 Å². The van der Waals surface area contributed by atoms with Crippen molar-refractivity contribution in [1.82, 2.24) is 19.6 Å². The van der Waals surface area contributed by atoms with Crippen molar-refractivity contribution in [3.63, 3.8) is 0 Å². The smallest absolute Gasteiger partial charge is 0.288 e. The highest BCUT2D eigenvalue weighted by atomic mass is 32.2. The summed E-state index contributed by atoms with van der Waals surface area (Å²) in [6.07, 6.45) is 1.67. The number of aromatic nitrogens is 2. The molecule has 0 aromatic carbocycles. The van der Waals surface area contributed by atoms with Gasteiger partial charge in [-0.3, -0.25) is 19.3 Å². The maximum Gasteiger partial charge on any atom is 0.288 e. The Morgan fingerprint density at radius 1 is 1.41 bits per heavy atom. The number of imidazole rings is 1. The van der Waals surface area contributed by atoms with Crippen LogP contribution in [-0.4, -0.2) is 50.2 Å². The van der Waals surface area contributed by atoms with Gasteiger partial charge in [-0.05, 0) is 19.1 Å². The molecule has 8 heteroatoms. The lowest BCUT2D eigenvalue weighted by Gasteiger charge is -2.12. The van der Waals surface area contributed by atoms with Crippen LogP contribution in [0.25, 0.3) is 5.65 Å². The number of hydrogen-bond acceptors (Lipinski definition) is 5. The minimum atomic E-state index is -0.324. The summed E-state index contributed by atoms with van der Waals surface area (Å²) in [4.78, 5) is 40.4. The summed E-state index contributed by atoms with van der Waals surface area (Å²) in [7, 11) is 0. The van der Waals surface area contributed by atoms with Crippen molar-refractivity contribution < 1.29 is 14.4 Å². The average Bonchev–Trinajstić information content (AvgIpc) is 3.06. The first-order chi connectivity index (χ1) is 10.6. The van der Waals surface area contributed by atoms with Crippen LogP contribution in [0.15, 0.2) is 24.4 Å². The molecule has 2 aromatic heterocycles. The molecule has 2 aromatic rings. The monoisotopic (exact) mass is 318 g/mol. The SMILES string of the molecule is Cc1cccc2nc(C(=O)NCCN3C(=O)CSC3=O)cn12. The van der Waals surface area contributed by atoms with E-state index >= 15 is 0 Å². The molecule has 1 N–H and O–H groups in total. The average molecular weight is 318 g/mol. The van der Waals surface area contributed by atoms with Crippen molar-refractivity contribution >= 4 is 34.5 Å². The molecule has 1 aliphatic rings. The highest BCUT2D eigenvalue weighted by Gasteiger charge is 2.29. The van der Waals surface area contributed by atoms with E-state index in [1.165, 1.54) is 0 Å². The van der Waals surface area contributed by atoms with E-state index in [0.717, 1.165) is 22.4 Å². The number of nitrogens with zero attached hydrogens (tertiary/aromatic N) is 3. The number of pyridine rings is 1. The fraction of sp³-hybridized carbons (Fsp3) is 0.286. The minimum Gasteiger partial charge on any atom is -0.349 e. The van der Waals surface area contributed by atoms with Crippen LogP contribution in [0.1, 0.15) is 16.2 Å². The van der Waals surface area contributed by atoms with E-state index in [4.69, 9.17) is 0 Å². The molecule has 3 rings (SSSR count). The predicted octanol–water partition coefficient (Wildman–Crippen LogP) is 1.07. The van der Waals surface area contributed by atoms with Crippen LogP contribution < -0.4 is 5.32 Å². The van der Waals surface area contributed by atoms with E-state index in [-0.39, 0.29) is 35.9 Å². The van der Waals surface area contributed by atoms with Crippen molar-refractivity contribution in [3.8, 4) is 0 Å². The molecular weight excluding hydrogens is 304 g/mol. The number of nitrogens with one attached hydrogen (secondary N) is 1. The molecule has 0 saturated carbocycles. The number of fused-ring (bicyclic) bond motifs is 1. The van der Waals surface area contributed by atoms with Gasteiger partial charge < -0.3 is 9.72 Å². The zero-order valence-corrected chi connectivity index (χ0v) is 12.7. The lowest BCUT2D eigenvalue weighted by molar-refractivity contribution is -0.124. The lowest BCUT2D eigenvalue weighted by Crippen LogP contribution is -2.37. The zero-order chi connectivity index (χ0) is 15.7. The Hall–Kier alpha value is -2.35. The van der Waals surface area contributed by atoms with Crippen molar-refractivity contribution in [2.45, 2.75) is 6.92 Å². The topological polar surface area (TPSA) is 83.8 Å². The largest absolute Gasteiger partial charge is 0.349 e. The highest BCUT2D eigenvalue weighted by Crippen LogP contribution is 2.17. The second-order valence-corrected chi connectivity index (χ2v) is 5.80. The van der Waals surface area contributed by atoms with Crippen LogP contribution in [0.5, 0.6) is 0 Å². The molecule has 3 heterocycles. The molecule has 114 valence electrons. The Balaban J connectivity index is 1.63. The lowest BCUT2D eigenvalue weighted by atomic mass is 10.4. The minimum absolute atomic E-state index is 0.179. The van der Waals surface area contributed by atoms with Crippen LogP contribution in [0.3, 0.4) is 0 Å². The van der Waals surface area contributed by atoms with Crippen molar-refractivity contribution in [1.29, 1.82) is 0 Å². The summed E-state index contributed by atoms with van der Waals surface area (Å²) in [5.74, 6) is -0.360. The van der Waals surface area contributed by atoms with Gasteiger partial charge in [0.25, 0.3) is 11.1 Å². The molecule has 0 unspecified atom stereocenters. The quantitative estimate of drug-likeness (QED) is 0.911. The van der Waals surface area contributed by atoms with Gasteiger partial charge in [-0.25, -0.2) is 4.98 Å². The summed E-state index contributed by atoms with van der Waals surface area (Å²) in [6.45, 7) is 2.32. The van der Waals surface area contributed by atoms with E-state index < -0.39 is 0 Å². The number of imide groups is 1. The molecule has 7 nitrogen and oxygen atoms in total. The van der Waals surface area contributed by atoms with Crippen molar-refractivity contribution in [2.24, 2.45) is 0 Å². The van der Waals surface area contributed by atoms with Crippen molar-refractivity contribution in [2.75, 3.05) is 18.8 Å². The number of aryl methyl sites for hydroxylation is 1. The number of hydrogen-bond donors (Lipinski definition) is 1. The molecule has 0 aliphatic carbocycles. The van der Waals surface area contributed by atoms with Gasteiger partial charge in [0.1, 0.15) is 11.3 Å². The summed E-state index contributed by atoms with van der Waals surface area (Å²) >= 11 is 0.982. The first kappa shape index (κ1) is 14.6. The van der Waals surface area contributed by atoms with Crippen molar-refractivity contribution in [3.05, 3.63) is 35.8 Å². The standard InChI is InChI=1S/C14H14N4O3S/c1-9-3-2-4-11-16-10(7-18(9)11)13(20)15-5-6-17-12(19)8-22-14(17)21/h2-4,7H,5-6,8H2,1H3,(H,15,20). The number of amides is 3. The molecule has 1 fully saturated rings. The summed E-state index contributed by atoms with van der Waals surface area (Å²) < 4.78 is 1.83. The van der Waals surface area contributed by atoms with Gasteiger partial charge >= 0.3 is 0 Å². The molecule has 22 heavy (non-hydrogen) atoms. The van der Waals surface area contributed by atoms with E-state index in [9.17, 15) is 14.4 Å². The van der Waals surface area contributed by atoms with Crippen LogP contribution in [0, 0.1) is 6.92 Å². The summed E-state index contributed by atoms with van der Waals surface area (Å²) in [6, 6.07) is 5.63. The Morgan fingerprint density at radius 3 is 2.91 bits per heavy atom. The fourth-order valence-electron chi connectivity index (χ4n) is 2.23. The van der Waals surface area contributed by atoms with E-state index in [0.29, 0.717) is 11.3 Å². The first-order valence-corrected chi connectivity index (χ1v) is 7.75. The second kappa shape index (κ2) is 5.80. The number of carbonyl (C=O) groups is 3. The Labute approximate surface area is 130 Å². The normalized spacial score (nSPS) is 14.9. The molecule has 1 saturated heterocycles. The predicted molar refractivity (Wildman–Crippen MR) is 81.8 cm³/mol. The maximum absolute atomic E-state index is 12.1. The third-order valence-corrected chi connectivity index (χ3v) is 4.25. The second-order valence-electron chi connectivity index (χ2n) is 4.88. The number of carbonyl (C=O) groups excluding carboxylic acids is 3. The van der Waals surface area contributed by atoms with E-state index in [1.807, 2.05) is 29.5 Å². The molecular formula is C14H14N4O3S. The first-order valence-electron chi connectivity index (χ1n) is 6.76. The summed E-state index contributed by atoms with van der Waals surface area (Å²) in [5, 5.41) is 2.42. The number of thioether (sulfide) groups is 1. The summed E-state index contributed by atoms with van der Waals surface area (Å²) in [5.41, 5.74) is 1.99. The maximum atomic E-state index is 12.1. The van der Waals surface area contributed by atoms with Gasteiger partial charge in [-0.1, -0.05) is 17.8 Å². The highest BCUT2D eigenvalue weighted by molar-refractivity contribution is 8.14. The van der Waals surface area contributed by atoms with Crippen LogP contribution in [-0.2, 0) is 4.79 Å². The van der Waals surface area contributed by atoms with Gasteiger partial charge in [0, 0.05) is 25.0 Å². The van der Waals surface area contributed by atoms with Gasteiger partial charge in [0.05, 0.1) is 5.75 Å². The molecule has 0 atom stereocenters.